The molecule has 1 aliphatic rings. The number of carbonyl (C=O) groups excluding carboxylic acids is 1. The van der Waals surface area contributed by atoms with Gasteiger partial charge in [-0.15, -0.1) is 0 Å². The second-order valence-corrected chi connectivity index (χ2v) is 5.10. The van der Waals surface area contributed by atoms with Crippen LogP contribution in [0, 0.1) is 5.92 Å². The van der Waals surface area contributed by atoms with Crippen LogP contribution in [0.25, 0.3) is 0 Å². The van der Waals surface area contributed by atoms with Gasteiger partial charge in [0.05, 0.1) is 17.8 Å². The Morgan fingerprint density at radius 2 is 2.17 bits per heavy atom. The highest BCUT2D eigenvalue weighted by Gasteiger charge is 2.50. The molecule has 1 atom stereocenters. The Morgan fingerprint density at radius 3 is 2.67 bits per heavy atom. The zero-order valence-electron chi connectivity index (χ0n) is 10.7. The van der Waals surface area contributed by atoms with E-state index >= 15 is 0 Å². The molecule has 1 saturated carbocycles. The maximum Gasteiger partial charge on any atom is 0.331 e. The first-order valence-electron chi connectivity index (χ1n) is 6.25. The lowest BCUT2D eigenvalue weighted by Gasteiger charge is -2.32. The second kappa shape index (κ2) is 5.19. The summed E-state index contributed by atoms with van der Waals surface area (Å²) < 4.78 is 4.98. The Hall–Kier alpha value is -1.22. The molecule has 0 radical (unpaired) electrons. The van der Waals surface area contributed by atoms with Crippen molar-refractivity contribution >= 4 is 23.3 Å². The zero-order chi connectivity index (χ0) is 13.2. The van der Waals surface area contributed by atoms with Crippen LogP contribution in [0.3, 0.4) is 0 Å². The van der Waals surface area contributed by atoms with E-state index in [9.17, 15) is 4.79 Å². The molecule has 1 fully saturated rings. The molecule has 0 spiro atoms. The average molecular weight is 268 g/mol. The number of methoxy groups -OCH3 is 1. The molecule has 0 aromatic heterocycles. The van der Waals surface area contributed by atoms with E-state index in [1.54, 1.807) is 0 Å². The maximum atomic E-state index is 12.1. The van der Waals surface area contributed by atoms with Gasteiger partial charge in [-0.2, -0.15) is 0 Å². The van der Waals surface area contributed by atoms with Gasteiger partial charge in [0.2, 0.25) is 0 Å². The molecule has 1 aliphatic carbocycles. The number of esters is 1. The number of carbonyl (C=O) groups is 1. The van der Waals surface area contributed by atoms with Gasteiger partial charge in [0.1, 0.15) is 5.54 Å². The third-order valence-corrected chi connectivity index (χ3v) is 3.94. The third-order valence-electron chi connectivity index (χ3n) is 3.61. The van der Waals surface area contributed by atoms with Crippen LogP contribution in [-0.2, 0) is 9.53 Å². The second-order valence-electron chi connectivity index (χ2n) is 4.70. The van der Waals surface area contributed by atoms with Crippen molar-refractivity contribution in [1.29, 1.82) is 0 Å². The van der Waals surface area contributed by atoms with Gasteiger partial charge in [0.15, 0.2) is 0 Å². The van der Waals surface area contributed by atoms with E-state index in [0.717, 1.165) is 18.5 Å². The van der Waals surface area contributed by atoms with Crippen molar-refractivity contribution < 1.29 is 9.53 Å². The van der Waals surface area contributed by atoms with Crippen LogP contribution in [0.4, 0.5) is 5.69 Å². The van der Waals surface area contributed by atoms with Gasteiger partial charge in [-0.1, -0.05) is 30.7 Å². The van der Waals surface area contributed by atoms with Gasteiger partial charge in [0.25, 0.3) is 0 Å². The molecule has 2 rings (SSSR count). The van der Waals surface area contributed by atoms with Crippen molar-refractivity contribution in [3.63, 3.8) is 0 Å². The van der Waals surface area contributed by atoms with Crippen LogP contribution in [0.5, 0.6) is 0 Å². The summed E-state index contributed by atoms with van der Waals surface area (Å²) in [7, 11) is 1.43. The van der Waals surface area contributed by atoms with E-state index < -0.39 is 5.54 Å². The molecule has 1 aromatic rings. The molecule has 1 unspecified atom stereocenters. The summed E-state index contributed by atoms with van der Waals surface area (Å²) >= 11 is 6.15. The van der Waals surface area contributed by atoms with E-state index in [2.05, 4.69) is 5.32 Å². The first-order valence-corrected chi connectivity index (χ1v) is 6.63. The molecule has 1 aromatic carbocycles. The number of hydrogen-bond acceptors (Lipinski definition) is 3. The van der Waals surface area contributed by atoms with E-state index in [4.69, 9.17) is 16.3 Å². The Morgan fingerprint density at radius 1 is 1.50 bits per heavy atom. The molecule has 1 N–H and O–H groups in total. The SMILES string of the molecule is CCC(Nc1ccccc1Cl)(C(=O)OC)C1CC1. The summed E-state index contributed by atoms with van der Waals surface area (Å²) in [5, 5.41) is 3.94. The summed E-state index contributed by atoms with van der Waals surface area (Å²) in [5.74, 6) is 0.138. The van der Waals surface area contributed by atoms with Crippen LogP contribution in [-0.4, -0.2) is 18.6 Å². The summed E-state index contributed by atoms with van der Waals surface area (Å²) in [6.45, 7) is 2.00. The van der Waals surface area contributed by atoms with Crippen molar-refractivity contribution in [2.75, 3.05) is 12.4 Å². The summed E-state index contributed by atoms with van der Waals surface area (Å²) in [5.41, 5.74) is 0.151. The van der Waals surface area contributed by atoms with E-state index in [1.807, 2.05) is 31.2 Å². The van der Waals surface area contributed by atoms with Crippen LogP contribution in [0.15, 0.2) is 24.3 Å². The van der Waals surface area contributed by atoms with Crippen LogP contribution < -0.4 is 5.32 Å². The van der Waals surface area contributed by atoms with Gasteiger partial charge in [0, 0.05) is 0 Å². The molecule has 0 amide bonds. The normalized spacial score (nSPS) is 17.9. The fourth-order valence-electron chi connectivity index (χ4n) is 2.40. The van der Waals surface area contributed by atoms with Gasteiger partial charge < -0.3 is 10.1 Å². The van der Waals surface area contributed by atoms with Gasteiger partial charge >= 0.3 is 5.97 Å². The van der Waals surface area contributed by atoms with E-state index in [-0.39, 0.29) is 5.97 Å². The minimum absolute atomic E-state index is 0.201. The number of anilines is 1. The Bertz CT molecular complexity index is 445. The van der Waals surface area contributed by atoms with Crippen molar-refractivity contribution in [3.05, 3.63) is 29.3 Å². The lowest BCUT2D eigenvalue weighted by molar-refractivity contribution is -0.147. The highest BCUT2D eigenvalue weighted by atomic mass is 35.5. The van der Waals surface area contributed by atoms with Gasteiger partial charge in [-0.3, -0.25) is 0 Å². The highest BCUT2D eigenvalue weighted by molar-refractivity contribution is 6.33. The number of hydrogen-bond donors (Lipinski definition) is 1. The van der Waals surface area contributed by atoms with Gasteiger partial charge in [-0.25, -0.2) is 4.79 Å². The predicted octanol–water partition coefficient (Wildman–Crippen LogP) is 3.48. The number of ether oxygens (including phenoxy) is 1. The molecule has 0 heterocycles. The Labute approximate surface area is 112 Å². The Kier molecular flexibility index (Phi) is 3.81. The predicted molar refractivity (Wildman–Crippen MR) is 72.8 cm³/mol. The third kappa shape index (κ3) is 2.32. The lowest BCUT2D eigenvalue weighted by atomic mass is 9.89. The fraction of sp³-hybridized carbons (Fsp3) is 0.500. The summed E-state index contributed by atoms with van der Waals surface area (Å²) in [6, 6.07) is 7.47. The maximum absolute atomic E-state index is 12.1. The topological polar surface area (TPSA) is 38.3 Å². The molecule has 0 aliphatic heterocycles. The summed E-state index contributed by atoms with van der Waals surface area (Å²) in [6.07, 6.45) is 2.80. The number of benzene rings is 1. The number of nitrogens with one attached hydrogen (secondary N) is 1. The van der Waals surface area contributed by atoms with Gasteiger partial charge in [-0.05, 0) is 37.3 Å². The minimum Gasteiger partial charge on any atom is -0.467 e. The van der Waals surface area contributed by atoms with Crippen LogP contribution >= 0.6 is 11.6 Å². The van der Waals surface area contributed by atoms with Crippen molar-refractivity contribution in [2.24, 2.45) is 5.92 Å². The van der Waals surface area contributed by atoms with Crippen molar-refractivity contribution in [1.82, 2.24) is 0 Å². The minimum atomic E-state index is -0.639. The molecule has 98 valence electrons. The molecule has 0 saturated heterocycles. The summed E-state index contributed by atoms with van der Waals surface area (Å²) in [4.78, 5) is 12.1. The molecule has 18 heavy (non-hydrogen) atoms. The quantitative estimate of drug-likeness (QED) is 0.830. The molecular weight excluding hydrogens is 250 g/mol. The molecule has 4 heteroatoms. The highest BCUT2D eigenvalue weighted by Crippen LogP contribution is 2.44. The fourth-order valence-corrected chi connectivity index (χ4v) is 2.59. The van der Waals surface area contributed by atoms with Crippen LogP contribution in [0.2, 0.25) is 5.02 Å². The average Bonchev–Trinajstić information content (AvgIpc) is 3.22. The largest absolute Gasteiger partial charge is 0.467 e. The Balaban J connectivity index is 2.30. The number of halogens is 1. The molecular formula is C14H18ClNO2. The van der Waals surface area contributed by atoms with E-state index in [0.29, 0.717) is 17.4 Å². The van der Waals surface area contributed by atoms with Crippen LogP contribution in [0.1, 0.15) is 26.2 Å². The lowest BCUT2D eigenvalue weighted by Crippen LogP contribution is -2.49. The smallest absolute Gasteiger partial charge is 0.331 e. The first kappa shape index (κ1) is 13.2. The molecule has 0 bridgehead atoms. The van der Waals surface area contributed by atoms with E-state index in [1.165, 1.54) is 7.11 Å². The first-order chi connectivity index (χ1) is 8.64. The monoisotopic (exact) mass is 267 g/mol. The standard InChI is InChI=1S/C14H18ClNO2/c1-3-14(10-8-9-10,13(17)18-2)16-12-7-5-4-6-11(12)15/h4-7,10,16H,3,8-9H2,1-2H3. The van der Waals surface area contributed by atoms with Crippen molar-refractivity contribution in [3.8, 4) is 0 Å². The van der Waals surface area contributed by atoms with Crippen molar-refractivity contribution in [2.45, 2.75) is 31.7 Å². The number of para-hydroxylation sites is 1. The zero-order valence-corrected chi connectivity index (χ0v) is 11.5. The number of rotatable bonds is 5. The molecule has 3 nitrogen and oxygen atoms in total.